The number of aromatic nitrogens is 3. The van der Waals surface area contributed by atoms with Crippen molar-refractivity contribution in [1.29, 1.82) is 0 Å². The molecule has 2 heterocycles. The average Bonchev–Trinajstić information content (AvgIpc) is 3.41. The van der Waals surface area contributed by atoms with Gasteiger partial charge >= 0.3 is 0 Å². The van der Waals surface area contributed by atoms with E-state index in [9.17, 15) is 5.11 Å². The van der Waals surface area contributed by atoms with Gasteiger partial charge < -0.3 is 14.0 Å². The molecule has 1 fully saturated rings. The molecule has 4 rings (SSSR count). The van der Waals surface area contributed by atoms with Gasteiger partial charge in [-0.2, -0.15) is 0 Å². The van der Waals surface area contributed by atoms with Crippen LogP contribution in [0.1, 0.15) is 42.5 Å². The van der Waals surface area contributed by atoms with Gasteiger partial charge in [-0.3, -0.25) is 4.68 Å². The zero-order valence-electron chi connectivity index (χ0n) is 20.6. The van der Waals surface area contributed by atoms with Crippen molar-refractivity contribution < 1.29 is 14.0 Å². The number of benzene rings is 2. The van der Waals surface area contributed by atoms with Crippen LogP contribution >= 0.6 is 22.6 Å². The predicted molar refractivity (Wildman–Crippen MR) is 148 cm³/mol. The van der Waals surface area contributed by atoms with Crippen LogP contribution in [0.3, 0.4) is 0 Å². The predicted octanol–water partition coefficient (Wildman–Crippen LogP) is 5.98. The Kier molecular flexibility index (Phi) is 8.78. The van der Waals surface area contributed by atoms with Gasteiger partial charge in [0.2, 0.25) is 8.41 Å². The van der Waals surface area contributed by atoms with Gasteiger partial charge in [0.25, 0.3) is 0 Å². The Morgan fingerprint density at radius 3 is 2.57 bits per heavy atom. The second kappa shape index (κ2) is 11.6. The SMILES string of the molecule is C[C@H]1[C@H]([Si](C)(C)F)[C@@H](CCn2cc(C(CO)c3ccccc3)nn2)O[C@H]1CCc1cccc(I)c1. The molecule has 0 bridgehead atoms. The average molecular weight is 608 g/mol. The monoisotopic (exact) mass is 607 g/mol. The maximum absolute atomic E-state index is 15.4. The summed E-state index contributed by atoms with van der Waals surface area (Å²) in [7, 11) is -2.91. The summed E-state index contributed by atoms with van der Waals surface area (Å²) < 4.78 is 25.0. The van der Waals surface area contributed by atoms with Gasteiger partial charge in [-0.15, -0.1) is 5.10 Å². The lowest BCUT2D eigenvalue weighted by Gasteiger charge is -2.28. The minimum Gasteiger partial charge on any atom is -0.395 e. The molecule has 1 aromatic heterocycles. The van der Waals surface area contributed by atoms with Crippen molar-refractivity contribution in [3.8, 4) is 0 Å². The molecule has 1 unspecified atom stereocenters. The smallest absolute Gasteiger partial charge is 0.246 e. The van der Waals surface area contributed by atoms with Crippen LogP contribution in [0.5, 0.6) is 0 Å². The van der Waals surface area contributed by atoms with Crippen LogP contribution in [0.25, 0.3) is 0 Å². The zero-order valence-corrected chi connectivity index (χ0v) is 23.8. The van der Waals surface area contributed by atoms with Crippen molar-refractivity contribution in [1.82, 2.24) is 15.0 Å². The van der Waals surface area contributed by atoms with Gasteiger partial charge in [-0.1, -0.05) is 54.6 Å². The molecule has 1 aliphatic rings. The lowest BCUT2D eigenvalue weighted by atomic mass is 9.95. The molecule has 3 aromatic rings. The molecule has 2 aromatic carbocycles. The van der Waals surface area contributed by atoms with Crippen molar-refractivity contribution in [3.63, 3.8) is 0 Å². The van der Waals surface area contributed by atoms with Gasteiger partial charge in [0.1, 0.15) is 0 Å². The highest BCUT2D eigenvalue weighted by molar-refractivity contribution is 14.1. The van der Waals surface area contributed by atoms with Gasteiger partial charge in [0, 0.05) is 21.9 Å². The standard InChI is InChI=1S/C27H35FIN3O2Si/c1-19-25(13-12-20-8-7-11-22(29)16-20)34-26(27(19)35(2,3)28)14-15-32-17-24(30-31-32)23(18-33)21-9-5-4-6-10-21/h4-11,16-17,19,23,25-27,33H,12-15,18H2,1-3H3/t19-,23?,25+,26-,27+/m1/s1. The first kappa shape index (κ1) is 26.4. The Labute approximate surface area is 222 Å². The number of rotatable bonds is 10. The Hall–Kier alpha value is -1.62. The number of aryl methyl sites for hydroxylation is 2. The molecule has 1 N–H and O–H groups in total. The Morgan fingerprint density at radius 1 is 1.11 bits per heavy atom. The fourth-order valence-electron chi connectivity index (χ4n) is 5.55. The molecular weight excluding hydrogens is 572 g/mol. The first-order valence-electron chi connectivity index (χ1n) is 12.4. The quantitative estimate of drug-likeness (QED) is 0.175. The summed E-state index contributed by atoms with van der Waals surface area (Å²) in [4.78, 5) is 0. The van der Waals surface area contributed by atoms with E-state index in [1.54, 1.807) is 4.68 Å². The number of ether oxygens (including phenoxy) is 1. The Balaban J connectivity index is 1.41. The van der Waals surface area contributed by atoms with Crippen LogP contribution in [0.2, 0.25) is 18.6 Å². The van der Waals surface area contributed by atoms with Crippen LogP contribution in [0.15, 0.2) is 60.8 Å². The fraction of sp³-hybridized carbons (Fsp3) is 0.481. The van der Waals surface area contributed by atoms with Crippen molar-refractivity contribution in [3.05, 3.63) is 81.2 Å². The summed E-state index contributed by atoms with van der Waals surface area (Å²) in [6.45, 7) is 6.37. The van der Waals surface area contributed by atoms with Gasteiger partial charge in [-0.25, -0.2) is 0 Å². The number of halogens is 2. The van der Waals surface area contributed by atoms with Crippen molar-refractivity contribution in [2.24, 2.45) is 5.92 Å². The number of hydrogen-bond donors (Lipinski definition) is 1. The van der Waals surface area contributed by atoms with E-state index in [-0.39, 0.29) is 36.2 Å². The molecule has 5 atom stereocenters. The number of hydrogen-bond acceptors (Lipinski definition) is 4. The molecule has 1 saturated heterocycles. The molecule has 0 radical (unpaired) electrons. The highest BCUT2D eigenvalue weighted by Crippen LogP contribution is 2.47. The van der Waals surface area contributed by atoms with E-state index in [1.807, 2.05) is 49.6 Å². The molecule has 0 amide bonds. The third kappa shape index (κ3) is 6.58. The van der Waals surface area contributed by atoms with E-state index in [2.05, 4.69) is 64.1 Å². The van der Waals surface area contributed by atoms with Gasteiger partial charge in [-0.05, 0) is 84.1 Å². The number of nitrogens with zero attached hydrogens (tertiary/aromatic N) is 3. The highest BCUT2D eigenvalue weighted by Gasteiger charge is 2.50. The molecular formula is C27H35FIN3O2Si. The van der Waals surface area contributed by atoms with Crippen molar-refractivity contribution in [2.75, 3.05) is 6.61 Å². The molecule has 5 nitrogen and oxygen atoms in total. The van der Waals surface area contributed by atoms with Crippen molar-refractivity contribution in [2.45, 2.75) is 69.5 Å². The van der Waals surface area contributed by atoms with E-state index in [4.69, 9.17) is 4.74 Å². The summed E-state index contributed by atoms with van der Waals surface area (Å²) in [6.07, 6.45) is 4.39. The van der Waals surface area contributed by atoms with Crippen LogP contribution in [-0.4, -0.2) is 47.3 Å². The number of aliphatic hydroxyl groups excluding tert-OH is 1. The molecule has 0 aliphatic carbocycles. The summed E-state index contributed by atoms with van der Waals surface area (Å²) >= 11 is 2.34. The summed E-state index contributed by atoms with van der Waals surface area (Å²) in [6, 6.07) is 18.4. The largest absolute Gasteiger partial charge is 0.395 e. The molecule has 0 spiro atoms. The van der Waals surface area contributed by atoms with Gasteiger partial charge in [0.15, 0.2) is 0 Å². The maximum Gasteiger partial charge on any atom is 0.246 e. The van der Waals surface area contributed by atoms with E-state index in [1.165, 1.54) is 9.13 Å². The molecule has 8 heteroatoms. The first-order valence-corrected chi connectivity index (χ1v) is 16.4. The summed E-state index contributed by atoms with van der Waals surface area (Å²) in [5.74, 6) is -0.0133. The lowest BCUT2D eigenvalue weighted by molar-refractivity contribution is 0.0247. The summed E-state index contributed by atoms with van der Waals surface area (Å²) in [5.41, 5.74) is 3.01. The Morgan fingerprint density at radius 2 is 1.89 bits per heavy atom. The van der Waals surface area contributed by atoms with Gasteiger partial charge in [0.05, 0.1) is 30.4 Å². The molecule has 188 valence electrons. The highest BCUT2D eigenvalue weighted by atomic mass is 127. The van der Waals surface area contributed by atoms with E-state index >= 15 is 4.11 Å². The topological polar surface area (TPSA) is 60.2 Å². The first-order chi connectivity index (χ1) is 16.8. The second-order valence-corrected chi connectivity index (χ2v) is 15.2. The molecule has 0 saturated carbocycles. The second-order valence-electron chi connectivity index (χ2n) is 10.2. The van der Waals surface area contributed by atoms with Crippen LogP contribution in [0, 0.1) is 9.49 Å². The summed E-state index contributed by atoms with van der Waals surface area (Å²) in [5, 5.41) is 18.6. The fourth-order valence-corrected chi connectivity index (χ4v) is 8.75. The van der Waals surface area contributed by atoms with E-state index < -0.39 is 8.41 Å². The van der Waals surface area contributed by atoms with Crippen molar-refractivity contribution >= 4 is 31.0 Å². The zero-order chi connectivity index (χ0) is 25.0. The third-order valence-corrected chi connectivity index (χ3v) is 10.4. The Bertz CT molecular complexity index is 1090. The normalized spacial score (nSPS) is 23.5. The third-order valence-electron chi connectivity index (χ3n) is 7.24. The molecule has 1 aliphatic heterocycles. The van der Waals surface area contributed by atoms with Crippen LogP contribution < -0.4 is 0 Å². The molecule has 35 heavy (non-hydrogen) atoms. The minimum atomic E-state index is -2.91. The van der Waals surface area contributed by atoms with E-state index in [0.29, 0.717) is 13.0 Å². The van der Waals surface area contributed by atoms with Crippen LogP contribution in [0.4, 0.5) is 4.11 Å². The number of aliphatic hydroxyl groups is 1. The lowest BCUT2D eigenvalue weighted by Crippen LogP contribution is -2.36. The minimum absolute atomic E-state index is 0.0299. The maximum atomic E-state index is 15.4. The van der Waals surface area contributed by atoms with Crippen LogP contribution in [-0.2, 0) is 17.7 Å². The van der Waals surface area contributed by atoms with E-state index in [0.717, 1.165) is 24.1 Å².